The van der Waals surface area contributed by atoms with Gasteiger partial charge in [-0.15, -0.1) is 0 Å². The van der Waals surface area contributed by atoms with E-state index in [1.165, 1.54) is 11.8 Å². The van der Waals surface area contributed by atoms with Crippen LogP contribution in [-0.2, 0) is 13.0 Å². The first-order chi connectivity index (χ1) is 12.7. The zero-order chi connectivity index (χ0) is 18.4. The molecule has 4 nitrogen and oxygen atoms in total. The number of pyridine rings is 1. The van der Waals surface area contributed by atoms with Crippen LogP contribution < -0.4 is 10.6 Å². The van der Waals surface area contributed by atoms with Gasteiger partial charge >= 0.3 is 0 Å². The summed E-state index contributed by atoms with van der Waals surface area (Å²) >= 11 is 5.81. The SMILES string of the molecule is CCc1ccccc1NCc1cccc(C(=O)Nc2ccc(Cl)cn2)c1. The van der Waals surface area contributed by atoms with Crippen molar-refractivity contribution in [3.8, 4) is 0 Å². The van der Waals surface area contributed by atoms with Crippen LogP contribution in [0.2, 0.25) is 5.02 Å². The van der Waals surface area contributed by atoms with E-state index in [0.29, 0.717) is 22.9 Å². The van der Waals surface area contributed by atoms with Gasteiger partial charge < -0.3 is 10.6 Å². The summed E-state index contributed by atoms with van der Waals surface area (Å²) in [6.45, 7) is 2.79. The highest BCUT2D eigenvalue weighted by atomic mass is 35.5. The van der Waals surface area contributed by atoms with Crippen molar-refractivity contribution in [2.24, 2.45) is 0 Å². The minimum Gasteiger partial charge on any atom is -0.381 e. The van der Waals surface area contributed by atoms with Crippen molar-refractivity contribution >= 4 is 29.0 Å². The number of hydrogen-bond acceptors (Lipinski definition) is 3. The molecule has 3 rings (SSSR count). The number of para-hydroxylation sites is 1. The van der Waals surface area contributed by atoms with Gasteiger partial charge in [0.15, 0.2) is 0 Å². The molecule has 0 fully saturated rings. The normalized spacial score (nSPS) is 10.4. The number of aryl methyl sites for hydroxylation is 1. The first-order valence-corrected chi connectivity index (χ1v) is 8.87. The zero-order valence-corrected chi connectivity index (χ0v) is 15.3. The van der Waals surface area contributed by atoms with E-state index in [-0.39, 0.29) is 5.91 Å². The molecule has 1 heterocycles. The van der Waals surface area contributed by atoms with Crippen molar-refractivity contribution in [1.82, 2.24) is 4.98 Å². The van der Waals surface area contributed by atoms with Crippen molar-refractivity contribution in [3.05, 3.63) is 88.6 Å². The second-order valence-corrected chi connectivity index (χ2v) is 6.32. The minimum atomic E-state index is -0.198. The van der Waals surface area contributed by atoms with Gasteiger partial charge in [0.25, 0.3) is 5.91 Å². The third-order valence-electron chi connectivity index (χ3n) is 4.04. The predicted molar refractivity (Wildman–Crippen MR) is 107 cm³/mol. The maximum absolute atomic E-state index is 12.4. The zero-order valence-electron chi connectivity index (χ0n) is 14.5. The molecule has 0 unspecified atom stereocenters. The quantitative estimate of drug-likeness (QED) is 0.634. The van der Waals surface area contributed by atoms with E-state index in [9.17, 15) is 4.79 Å². The largest absolute Gasteiger partial charge is 0.381 e. The van der Waals surface area contributed by atoms with Gasteiger partial charge in [0.2, 0.25) is 0 Å². The number of carbonyl (C=O) groups is 1. The number of benzene rings is 2. The maximum atomic E-state index is 12.4. The summed E-state index contributed by atoms with van der Waals surface area (Å²) in [5.74, 6) is 0.274. The van der Waals surface area contributed by atoms with E-state index in [4.69, 9.17) is 11.6 Å². The molecule has 1 amide bonds. The van der Waals surface area contributed by atoms with Crippen LogP contribution in [0.15, 0.2) is 66.9 Å². The molecule has 0 radical (unpaired) electrons. The van der Waals surface area contributed by atoms with Crippen LogP contribution in [-0.4, -0.2) is 10.9 Å². The van der Waals surface area contributed by atoms with E-state index in [0.717, 1.165) is 17.7 Å². The number of aromatic nitrogens is 1. The Morgan fingerprint density at radius 1 is 1.08 bits per heavy atom. The number of halogens is 1. The fraction of sp³-hybridized carbons (Fsp3) is 0.143. The van der Waals surface area contributed by atoms with Crippen molar-refractivity contribution in [2.45, 2.75) is 19.9 Å². The minimum absolute atomic E-state index is 0.198. The van der Waals surface area contributed by atoms with E-state index < -0.39 is 0 Å². The highest BCUT2D eigenvalue weighted by Crippen LogP contribution is 2.17. The Morgan fingerprint density at radius 2 is 1.92 bits per heavy atom. The van der Waals surface area contributed by atoms with Gasteiger partial charge in [-0.3, -0.25) is 4.79 Å². The maximum Gasteiger partial charge on any atom is 0.256 e. The number of nitrogens with one attached hydrogen (secondary N) is 2. The lowest BCUT2D eigenvalue weighted by Crippen LogP contribution is -2.13. The molecule has 0 saturated heterocycles. The monoisotopic (exact) mass is 365 g/mol. The van der Waals surface area contributed by atoms with Gasteiger partial charge in [-0.25, -0.2) is 4.98 Å². The van der Waals surface area contributed by atoms with E-state index in [2.05, 4.69) is 34.7 Å². The van der Waals surface area contributed by atoms with Crippen LogP contribution in [0.1, 0.15) is 28.4 Å². The van der Waals surface area contributed by atoms with Gasteiger partial charge in [-0.2, -0.15) is 0 Å². The predicted octanol–water partition coefficient (Wildman–Crippen LogP) is 5.16. The third-order valence-corrected chi connectivity index (χ3v) is 4.26. The van der Waals surface area contributed by atoms with Gasteiger partial charge in [0.05, 0.1) is 5.02 Å². The Bertz CT molecular complexity index is 894. The molecule has 0 atom stereocenters. The molecule has 0 spiro atoms. The molecule has 1 aromatic heterocycles. The van der Waals surface area contributed by atoms with Crippen LogP contribution in [0.5, 0.6) is 0 Å². The van der Waals surface area contributed by atoms with Crippen molar-refractivity contribution in [1.29, 1.82) is 0 Å². The fourth-order valence-electron chi connectivity index (χ4n) is 2.66. The highest BCUT2D eigenvalue weighted by Gasteiger charge is 2.08. The molecule has 0 saturated carbocycles. The van der Waals surface area contributed by atoms with Gasteiger partial charge in [-0.1, -0.05) is 48.9 Å². The van der Waals surface area contributed by atoms with Crippen LogP contribution in [0, 0.1) is 0 Å². The number of nitrogens with zero attached hydrogens (tertiary/aromatic N) is 1. The smallest absolute Gasteiger partial charge is 0.256 e. The van der Waals surface area contributed by atoms with Gasteiger partial charge in [0, 0.05) is 24.0 Å². The lowest BCUT2D eigenvalue weighted by atomic mass is 10.1. The Morgan fingerprint density at radius 3 is 2.69 bits per heavy atom. The molecular weight excluding hydrogens is 346 g/mol. The van der Waals surface area contributed by atoms with Crippen molar-refractivity contribution < 1.29 is 4.79 Å². The van der Waals surface area contributed by atoms with Crippen LogP contribution in [0.25, 0.3) is 0 Å². The molecule has 3 aromatic rings. The fourth-order valence-corrected chi connectivity index (χ4v) is 2.77. The van der Waals surface area contributed by atoms with Crippen LogP contribution >= 0.6 is 11.6 Å². The number of amides is 1. The molecule has 0 aliphatic carbocycles. The second kappa shape index (κ2) is 8.50. The summed E-state index contributed by atoms with van der Waals surface area (Å²) in [6, 6.07) is 19.2. The molecule has 132 valence electrons. The standard InChI is InChI=1S/C21H20ClN3O/c1-2-16-7-3-4-9-19(16)23-13-15-6-5-8-17(12-15)21(26)25-20-11-10-18(22)14-24-20/h3-12,14,23H,2,13H2,1H3,(H,24,25,26). The van der Waals surface area contributed by atoms with Gasteiger partial charge in [0.1, 0.15) is 5.82 Å². The number of rotatable bonds is 6. The van der Waals surface area contributed by atoms with Crippen molar-refractivity contribution in [2.75, 3.05) is 10.6 Å². The topological polar surface area (TPSA) is 54.0 Å². The molecule has 2 N–H and O–H groups in total. The van der Waals surface area contributed by atoms with Gasteiger partial charge in [-0.05, 0) is 47.9 Å². The Labute approximate surface area is 158 Å². The Balaban J connectivity index is 1.67. The lowest BCUT2D eigenvalue weighted by molar-refractivity contribution is 0.102. The van der Waals surface area contributed by atoms with Crippen LogP contribution in [0.4, 0.5) is 11.5 Å². The molecule has 0 aliphatic heterocycles. The Hall–Kier alpha value is -2.85. The summed E-state index contributed by atoms with van der Waals surface area (Å²) in [5.41, 5.74) is 4.02. The van der Waals surface area contributed by atoms with Crippen molar-refractivity contribution in [3.63, 3.8) is 0 Å². The number of hydrogen-bond donors (Lipinski definition) is 2. The first-order valence-electron chi connectivity index (χ1n) is 8.49. The third kappa shape index (κ3) is 4.61. The van der Waals surface area contributed by atoms with E-state index in [1.807, 2.05) is 30.3 Å². The molecule has 0 bridgehead atoms. The number of anilines is 2. The van der Waals surface area contributed by atoms with E-state index >= 15 is 0 Å². The summed E-state index contributed by atoms with van der Waals surface area (Å²) in [7, 11) is 0. The Kier molecular flexibility index (Phi) is 5.87. The summed E-state index contributed by atoms with van der Waals surface area (Å²) in [6.07, 6.45) is 2.47. The van der Waals surface area contributed by atoms with Crippen LogP contribution in [0.3, 0.4) is 0 Å². The summed E-state index contributed by atoms with van der Waals surface area (Å²) in [5, 5.41) is 6.75. The van der Waals surface area contributed by atoms with E-state index in [1.54, 1.807) is 18.2 Å². The summed E-state index contributed by atoms with van der Waals surface area (Å²) < 4.78 is 0. The molecule has 26 heavy (non-hydrogen) atoms. The molecule has 2 aromatic carbocycles. The average molecular weight is 366 g/mol. The molecule has 0 aliphatic rings. The lowest BCUT2D eigenvalue weighted by Gasteiger charge is -2.11. The average Bonchev–Trinajstić information content (AvgIpc) is 2.68. The highest BCUT2D eigenvalue weighted by molar-refractivity contribution is 6.30. The second-order valence-electron chi connectivity index (χ2n) is 5.88. The molecular formula is C21H20ClN3O. The first kappa shape index (κ1) is 18.0. The molecule has 5 heteroatoms. The summed E-state index contributed by atoms with van der Waals surface area (Å²) in [4.78, 5) is 16.5. The number of carbonyl (C=O) groups excluding carboxylic acids is 1.